The number of carbonyl (C=O) groups excluding carboxylic acids is 3. The fourth-order valence-corrected chi connectivity index (χ4v) is 2.77. The molecule has 1 aromatic carbocycles. The van der Waals surface area contributed by atoms with Crippen LogP contribution in [0.25, 0.3) is 0 Å². The Balaban J connectivity index is 2.54. The second kappa shape index (κ2) is 14.9. The van der Waals surface area contributed by atoms with Gasteiger partial charge in [-0.25, -0.2) is 0 Å². The van der Waals surface area contributed by atoms with Crippen LogP contribution < -0.4 is 38.9 Å². The van der Waals surface area contributed by atoms with Crippen molar-refractivity contribution < 1.29 is 14.4 Å². The fourth-order valence-electron chi connectivity index (χ4n) is 2.77. The number of carbonyl (C=O) groups is 3. The Morgan fingerprint density at radius 3 is 2.31 bits per heavy atom. The summed E-state index contributed by atoms with van der Waals surface area (Å²) in [6, 6.07) is 5.16. The molecule has 0 aromatic heterocycles. The lowest BCUT2D eigenvalue weighted by Gasteiger charge is -2.21. The highest BCUT2D eigenvalue weighted by molar-refractivity contribution is 5.90. The standard InChI is InChI=1S/C22H35N7O3/c1-2-6-15-8-5-9-16(11-15)7-3-4-10-27-22(32)19(29-21(31)18(26)13-24)14-28-20(30)17(25)12-23/h5,8-9,11,17-19H,3-4,7,10,12-14,23-26H2,1H3,(H,27,32)(H,28,30)(H,29,31). The van der Waals surface area contributed by atoms with Crippen molar-refractivity contribution >= 4 is 17.7 Å². The summed E-state index contributed by atoms with van der Waals surface area (Å²) >= 11 is 0. The Morgan fingerprint density at radius 1 is 0.969 bits per heavy atom. The van der Waals surface area contributed by atoms with Crippen LogP contribution in [-0.2, 0) is 20.8 Å². The topological polar surface area (TPSA) is 191 Å². The van der Waals surface area contributed by atoms with Crippen LogP contribution in [-0.4, -0.2) is 62.0 Å². The maximum atomic E-state index is 12.6. The van der Waals surface area contributed by atoms with E-state index >= 15 is 0 Å². The Hall–Kier alpha value is -2.97. The Labute approximate surface area is 189 Å². The molecular formula is C22H35N7O3. The van der Waals surface area contributed by atoms with Crippen molar-refractivity contribution in [3.63, 3.8) is 0 Å². The summed E-state index contributed by atoms with van der Waals surface area (Å²) in [5.74, 6) is 4.37. The Bertz CT molecular complexity index is 819. The molecule has 1 rings (SSSR count). The van der Waals surface area contributed by atoms with Crippen molar-refractivity contribution in [2.45, 2.75) is 44.3 Å². The van der Waals surface area contributed by atoms with Gasteiger partial charge in [-0.1, -0.05) is 18.1 Å². The molecule has 0 heterocycles. The van der Waals surface area contributed by atoms with Crippen LogP contribution >= 0.6 is 0 Å². The van der Waals surface area contributed by atoms with Crippen LogP contribution in [0.15, 0.2) is 24.3 Å². The van der Waals surface area contributed by atoms with E-state index in [1.807, 2.05) is 18.2 Å². The number of amides is 3. The molecule has 0 bridgehead atoms. The fraction of sp³-hybridized carbons (Fsp3) is 0.500. The first-order chi connectivity index (χ1) is 15.3. The van der Waals surface area contributed by atoms with Gasteiger partial charge in [0.25, 0.3) is 0 Å². The van der Waals surface area contributed by atoms with Gasteiger partial charge < -0.3 is 38.9 Å². The average molecular weight is 446 g/mol. The molecule has 1 aromatic rings. The molecule has 0 aliphatic carbocycles. The highest BCUT2D eigenvalue weighted by Crippen LogP contribution is 2.08. The third-order valence-electron chi connectivity index (χ3n) is 4.68. The van der Waals surface area contributed by atoms with Crippen LogP contribution in [0.4, 0.5) is 0 Å². The van der Waals surface area contributed by atoms with E-state index in [1.165, 1.54) is 5.56 Å². The van der Waals surface area contributed by atoms with E-state index in [9.17, 15) is 14.4 Å². The van der Waals surface area contributed by atoms with Gasteiger partial charge in [0, 0.05) is 31.7 Å². The summed E-state index contributed by atoms with van der Waals surface area (Å²) in [4.78, 5) is 36.5. The summed E-state index contributed by atoms with van der Waals surface area (Å²) in [5.41, 5.74) is 24.1. The third kappa shape index (κ3) is 9.89. The van der Waals surface area contributed by atoms with E-state index in [0.29, 0.717) is 6.54 Å². The number of aryl methyl sites for hydroxylation is 1. The number of nitrogens with one attached hydrogen (secondary N) is 3. The monoisotopic (exact) mass is 445 g/mol. The molecule has 10 nitrogen and oxygen atoms in total. The predicted octanol–water partition coefficient (Wildman–Crippen LogP) is -2.33. The summed E-state index contributed by atoms with van der Waals surface area (Å²) in [6.45, 7) is 1.95. The van der Waals surface area contributed by atoms with Gasteiger partial charge in [-0.2, -0.15) is 0 Å². The van der Waals surface area contributed by atoms with Gasteiger partial charge in [0.05, 0.1) is 12.1 Å². The van der Waals surface area contributed by atoms with Gasteiger partial charge in [-0.15, -0.1) is 5.92 Å². The van der Waals surface area contributed by atoms with Gasteiger partial charge in [-0.3, -0.25) is 14.4 Å². The molecule has 0 aliphatic heterocycles. The molecule has 32 heavy (non-hydrogen) atoms. The maximum absolute atomic E-state index is 12.6. The Kier molecular flexibility index (Phi) is 12.6. The number of hydrogen-bond donors (Lipinski definition) is 7. The van der Waals surface area contributed by atoms with Crippen LogP contribution in [0.2, 0.25) is 0 Å². The number of rotatable bonds is 13. The summed E-state index contributed by atoms with van der Waals surface area (Å²) in [6.07, 6.45) is 2.46. The van der Waals surface area contributed by atoms with Crippen molar-refractivity contribution in [3.8, 4) is 11.8 Å². The number of hydrogen-bond acceptors (Lipinski definition) is 7. The minimum Gasteiger partial charge on any atom is -0.354 e. The van der Waals surface area contributed by atoms with E-state index in [-0.39, 0.29) is 19.6 Å². The third-order valence-corrected chi connectivity index (χ3v) is 4.68. The first kappa shape index (κ1) is 27.1. The molecule has 0 aliphatic rings. The second-order valence-electron chi connectivity index (χ2n) is 7.31. The van der Waals surface area contributed by atoms with E-state index in [4.69, 9.17) is 22.9 Å². The molecule has 0 fully saturated rings. The molecule has 11 N–H and O–H groups in total. The van der Waals surface area contributed by atoms with E-state index in [1.54, 1.807) is 6.92 Å². The average Bonchev–Trinajstić information content (AvgIpc) is 2.80. The molecule has 176 valence electrons. The number of unbranched alkanes of at least 4 members (excludes halogenated alkanes) is 1. The summed E-state index contributed by atoms with van der Waals surface area (Å²) in [5, 5.41) is 7.80. The minimum atomic E-state index is -1.02. The van der Waals surface area contributed by atoms with E-state index in [0.717, 1.165) is 24.8 Å². The van der Waals surface area contributed by atoms with Gasteiger partial charge >= 0.3 is 0 Å². The van der Waals surface area contributed by atoms with Crippen molar-refractivity contribution in [3.05, 3.63) is 35.4 Å². The van der Waals surface area contributed by atoms with E-state index in [2.05, 4.69) is 33.9 Å². The van der Waals surface area contributed by atoms with Crippen molar-refractivity contribution in [1.82, 2.24) is 16.0 Å². The first-order valence-electron chi connectivity index (χ1n) is 10.6. The lowest BCUT2D eigenvalue weighted by molar-refractivity contribution is -0.130. The molecule has 0 saturated carbocycles. The molecule has 3 unspecified atom stereocenters. The largest absolute Gasteiger partial charge is 0.354 e. The smallest absolute Gasteiger partial charge is 0.244 e. The first-order valence-corrected chi connectivity index (χ1v) is 10.6. The van der Waals surface area contributed by atoms with Crippen molar-refractivity contribution in [2.75, 3.05) is 26.2 Å². The highest BCUT2D eigenvalue weighted by Gasteiger charge is 2.24. The van der Waals surface area contributed by atoms with E-state index < -0.39 is 35.8 Å². The van der Waals surface area contributed by atoms with Crippen LogP contribution in [0.5, 0.6) is 0 Å². The second-order valence-corrected chi connectivity index (χ2v) is 7.31. The predicted molar refractivity (Wildman–Crippen MR) is 124 cm³/mol. The minimum absolute atomic E-state index is 0.0406. The van der Waals surface area contributed by atoms with Crippen molar-refractivity contribution in [2.24, 2.45) is 22.9 Å². The van der Waals surface area contributed by atoms with Crippen LogP contribution in [0, 0.1) is 11.8 Å². The maximum Gasteiger partial charge on any atom is 0.244 e. The lowest BCUT2D eigenvalue weighted by atomic mass is 10.1. The molecule has 3 amide bonds. The van der Waals surface area contributed by atoms with Gasteiger partial charge in [0.2, 0.25) is 17.7 Å². The number of benzene rings is 1. The zero-order chi connectivity index (χ0) is 23.9. The lowest BCUT2D eigenvalue weighted by Crippen LogP contribution is -2.58. The zero-order valence-corrected chi connectivity index (χ0v) is 18.5. The zero-order valence-electron chi connectivity index (χ0n) is 18.5. The van der Waals surface area contributed by atoms with Gasteiger partial charge in [0.15, 0.2) is 0 Å². The molecular weight excluding hydrogens is 410 g/mol. The summed E-state index contributed by atoms with van der Waals surface area (Å²) < 4.78 is 0. The SMILES string of the molecule is CC#Cc1cccc(CCCCNC(=O)C(CNC(=O)C(N)CN)NC(=O)C(N)CN)c1. The molecule has 10 heteroatoms. The van der Waals surface area contributed by atoms with Gasteiger partial charge in [-0.05, 0) is 43.9 Å². The molecule has 0 radical (unpaired) electrons. The number of nitrogens with two attached hydrogens (primary N) is 4. The Morgan fingerprint density at radius 2 is 1.66 bits per heavy atom. The van der Waals surface area contributed by atoms with Crippen LogP contribution in [0.3, 0.4) is 0 Å². The summed E-state index contributed by atoms with van der Waals surface area (Å²) in [7, 11) is 0. The molecule has 0 saturated heterocycles. The quantitative estimate of drug-likeness (QED) is 0.131. The normalized spacial score (nSPS) is 13.2. The molecule has 0 spiro atoms. The molecule has 3 atom stereocenters. The van der Waals surface area contributed by atoms with Crippen LogP contribution in [0.1, 0.15) is 30.9 Å². The highest BCUT2D eigenvalue weighted by atomic mass is 16.2. The van der Waals surface area contributed by atoms with Gasteiger partial charge in [0.1, 0.15) is 6.04 Å². The van der Waals surface area contributed by atoms with Crippen molar-refractivity contribution in [1.29, 1.82) is 0 Å².